The lowest BCUT2D eigenvalue weighted by molar-refractivity contribution is -0.138. The van der Waals surface area contributed by atoms with Crippen molar-refractivity contribution in [2.24, 2.45) is 5.92 Å². The molecule has 1 atom stereocenters. The van der Waals surface area contributed by atoms with E-state index in [9.17, 15) is 4.79 Å². The Labute approximate surface area is 86.3 Å². The monoisotopic (exact) mass is 196 g/mol. The molecule has 14 heavy (non-hydrogen) atoms. The highest BCUT2D eigenvalue weighted by Crippen LogP contribution is 2.15. The molecule has 0 N–H and O–H groups in total. The van der Waals surface area contributed by atoms with Crippen LogP contribution in [-0.4, -0.2) is 12.1 Å². The van der Waals surface area contributed by atoms with Crippen LogP contribution in [0.3, 0.4) is 0 Å². The second kappa shape index (κ2) is 5.84. The van der Waals surface area contributed by atoms with E-state index in [0.29, 0.717) is 0 Å². The molecule has 1 aliphatic rings. The summed E-state index contributed by atoms with van der Waals surface area (Å²) in [5, 5.41) is 0. The van der Waals surface area contributed by atoms with E-state index >= 15 is 0 Å². The Balaban J connectivity index is 1.94. The minimum absolute atomic E-state index is 0.0570. The molecule has 2 nitrogen and oxygen atoms in total. The van der Waals surface area contributed by atoms with Gasteiger partial charge in [-0.2, -0.15) is 0 Å². The second-order valence-electron chi connectivity index (χ2n) is 4.37. The van der Waals surface area contributed by atoms with Crippen LogP contribution in [0, 0.1) is 5.92 Å². The van der Waals surface area contributed by atoms with Gasteiger partial charge in [0.15, 0.2) is 0 Å². The van der Waals surface area contributed by atoms with Gasteiger partial charge in [-0.3, -0.25) is 0 Å². The first-order chi connectivity index (χ1) is 6.68. The van der Waals surface area contributed by atoms with Gasteiger partial charge in [0, 0.05) is 6.08 Å². The zero-order valence-electron chi connectivity index (χ0n) is 9.16. The van der Waals surface area contributed by atoms with Gasteiger partial charge in [-0.05, 0) is 24.8 Å². The third-order valence-corrected chi connectivity index (χ3v) is 2.48. The molecule has 1 rings (SSSR count). The molecule has 1 aliphatic heterocycles. The molecule has 0 bridgehead atoms. The lowest BCUT2D eigenvalue weighted by Gasteiger charge is -2.08. The fourth-order valence-corrected chi connectivity index (χ4v) is 1.64. The molecule has 0 aliphatic carbocycles. The van der Waals surface area contributed by atoms with E-state index in [2.05, 4.69) is 13.8 Å². The summed E-state index contributed by atoms with van der Waals surface area (Å²) in [6, 6.07) is 0. The predicted molar refractivity (Wildman–Crippen MR) is 56.9 cm³/mol. The van der Waals surface area contributed by atoms with E-state index in [1.807, 2.05) is 6.08 Å². The van der Waals surface area contributed by atoms with Gasteiger partial charge in [-0.25, -0.2) is 4.79 Å². The van der Waals surface area contributed by atoms with Crippen LogP contribution in [-0.2, 0) is 9.53 Å². The van der Waals surface area contributed by atoms with Crippen molar-refractivity contribution in [1.29, 1.82) is 0 Å². The number of carbonyl (C=O) groups excluding carboxylic acids is 1. The maximum Gasteiger partial charge on any atom is 0.331 e. The lowest BCUT2D eigenvalue weighted by Crippen LogP contribution is -2.07. The second-order valence-corrected chi connectivity index (χ2v) is 4.37. The zero-order valence-corrected chi connectivity index (χ0v) is 9.16. The van der Waals surface area contributed by atoms with Crippen molar-refractivity contribution in [3.63, 3.8) is 0 Å². The van der Waals surface area contributed by atoms with E-state index in [1.54, 1.807) is 0 Å². The highest BCUT2D eigenvalue weighted by atomic mass is 16.5. The Bertz CT molecular complexity index is 206. The van der Waals surface area contributed by atoms with Crippen molar-refractivity contribution in [1.82, 2.24) is 0 Å². The minimum atomic E-state index is -0.183. The average molecular weight is 196 g/mol. The fraction of sp³-hybridized carbons (Fsp3) is 0.750. The van der Waals surface area contributed by atoms with Gasteiger partial charge in [0.2, 0.25) is 0 Å². The van der Waals surface area contributed by atoms with E-state index in [1.165, 1.54) is 25.3 Å². The maximum atomic E-state index is 10.7. The molecule has 0 aromatic carbocycles. The number of hydrogen-bond donors (Lipinski definition) is 0. The molecule has 0 unspecified atom stereocenters. The molecule has 0 saturated heterocycles. The summed E-state index contributed by atoms with van der Waals surface area (Å²) in [6.45, 7) is 4.50. The van der Waals surface area contributed by atoms with Gasteiger partial charge in [0.05, 0.1) is 0 Å². The van der Waals surface area contributed by atoms with Gasteiger partial charge in [0.25, 0.3) is 0 Å². The number of rotatable bonds is 6. The predicted octanol–water partition coefficient (Wildman–Crippen LogP) is 3.07. The zero-order chi connectivity index (χ0) is 10.4. The smallest absolute Gasteiger partial charge is 0.331 e. The first-order valence-electron chi connectivity index (χ1n) is 5.57. The van der Waals surface area contributed by atoms with E-state index in [0.717, 1.165) is 18.8 Å². The topological polar surface area (TPSA) is 26.3 Å². The largest absolute Gasteiger partial charge is 0.455 e. The Kier molecular flexibility index (Phi) is 4.71. The number of carbonyl (C=O) groups is 1. The third kappa shape index (κ3) is 4.45. The van der Waals surface area contributed by atoms with Crippen molar-refractivity contribution < 1.29 is 9.53 Å². The number of cyclic esters (lactones) is 1. The van der Waals surface area contributed by atoms with Gasteiger partial charge >= 0.3 is 5.97 Å². The van der Waals surface area contributed by atoms with Gasteiger partial charge < -0.3 is 4.74 Å². The van der Waals surface area contributed by atoms with E-state index in [-0.39, 0.29) is 12.1 Å². The van der Waals surface area contributed by atoms with Gasteiger partial charge in [-0.15, -0.1) is 0 Å². The minimum Gasteiger partial charge on any atom is -0.455 e. The summed E-state index contributed by atoms with van der Waals surface area (Å²) >= 11 is 0. The summed E-state index contributed by atoms with van der Waals surface area (Å²) in [6.07, 6.45) is 9.45. The van der Waals surface area contributed by atoms with Crippen molar-refractivity contribution in [3.05, 3.63) is 12.2 Å². The highest BCUT2D eigenvalue weighted by molar-refractivity contribution is 5.84. The Hall–Kier alpha value is -0.790. The van der Waals surface area contributed by atoms with Crippen LogP contribution in [0.4, 0.5) is 0 Å². The standard InChI is InChI=1S/C12H20O2/c1-10(2)6-4-3-5-7-11-8-9-12(13)14-11/h8-11H,3-7H2,1-2H3/t11-/m0/s1. The molecular formula is C12H20O2. The first-order valence-corrected chi connectivity index (χ1v) is 5.57. The quantitative estimate of drug-likeness (QED) is 0.482. The molecule has 0 aromatic rings. The molecule has 0 spiro atoms. The molecular weight excluding hydrogens is 176 g/mol. The number of hydrogen-bond acceptors (Lipinski definition) is 2. The molecule has 0 saturated carbocycles. The van der Waals surface area contributed by atoms with Crippen molar-refractivity contribution in [3.8, 4) is 0 Å². The van der Waals surface area contributed by atoms with Crippen LogP contribution < -0.4 is 0 Å². The maximum absolute atomic E-state index is 10.7. The summed E-state index contributed by atoms with van der Waals surface area (Å²) in [5.41, 5.74) is 0. The molecule has 0 amide bonds. The Morgan fingerprint density at radius 3 is 2.71 bits per heavy atom. The van der Waals surface area contributed by atoms with Crippen LogP contribution >= 0.6 is 0 Å². The average Bonchev–Trinajstić information content (AvgIpc) is 2.50. The number of ether oxygens (including phenoxy) is 1. The first kappa shape index (κ1) is 11.3. The Morgan fingerprint density at radius 2 is 2.14 bits per heavy atom. The van der Waals surface area contributed by atoms with Crippen LogP contribution in [0.5, 0.6) is 0 Å². The highest BCUT2D eigenvalue weighted by Gasteiger charge is 2.15. The molecule has 2 heteroatoms. The molecule has 80 valence electrons. The fourth-order valence-electron chi connectivity index (χ4n) is 1.64. The van der Waals surface area contributed by atoms with E-state index in [4.69, 9.17) is 4.74 Å². The van der Waals surface area contributed by atoms with Gasteiger partial charge in [-0.1, -0.05) is 33.1 Å². The summed E-state index contributed by atoms with van der Waals surface area (Å²) in [5.74, 6) is 0.622. The molecule has 0 fully saturated rings. The molecule has 1 heterocycles. The van der Waals surface area contributed by atoms with Crippen LogP contribution in [0.15, 0.2) is 12.2 Å². The third-order valence-electron chi connectivity index (χ3n) is 2.48. The number of esters is 1. The summed E-state index contributed by atoms with van der Waals surface area (Å²) in [4.78, 5) is 10.7. The van der Waals surface area contributed by atoms with Crippen LogP contribution in [0.25, 0.3) is 0 Å². The van der Waals surface area contributed by atoms with Crippen molar-refractivity contribution >= 4 is 5.97 Å². The van der Waals surface area contributed by atoms with Crippen molar-refractivity contribution in [2.75, 3.05) is 0 Å². The SMILES string of the molecule is CC(C)CCCCC[C@H]1C=CC(=O)O1. The van der Waals surface area contributed by atoms with E-state index < -0.39 is 0 Å². The van der Waals surface area contributed by atoms with Crippen LogP contribution in [0.2, 0.25) is 0 Å². The van der Waals surface area contributed by atoms with Crippen LogP contribution in [0.1, 0.15) is 46.0 Å². The molecule has 0 aromatic heterocycles. The number of unbranched alkanes of at least 4 members (excludes halogenated alkanes) is 2. The van der Waals surface area contributed by atoms with Crippen molar-refractivity contribution in [2.45, 2.75) is 52.1 Å². The molecule has 0 radical (unpaired) electrons. The normalized spacial score (nSPS) is 20.5. The van der Waals surface area contributed by atoms with Gasteiger partial charge in [0.1, 0.15) is 6.10 Å². The summed E-state index contributed by atoms with van der Waals surface area (Å²) < 4.78 is 5.04. The lowest BCUT2D eigenvalue weighted by atomic mass is 10.0. The summed E-state index contributed by atoms with van der Waals surface area (Å²) in [7, 11) is 0. The Morgan fingerprint density at radius 1 is 1.36 bits per heavy atom.